The lowest BCUT2D eigenvalue weighted by Gasteiger charge is -2.28. The third-order valence-electron chi connectivity index (χ3n) is 4.27. The Kier molecular flexibility index (Phi) is 8.39. The molecule has 1 saturated carbocycles. The van der Waals surface area contributed by atoms with Gasteiger partial charge in [0, 0.05) is 0 Å². The average Bonchev–Trinajstić information content (AvgIpc) is 2.57. The number of amides is 2. The Hall–Kier alpha value is -1.96. The van der Waals surface area contributed by atoms with Crippen LogP contribution in [0, 0.1) is 5.92 Å². The Labute approximate surface area is 141 Å². The first-order valence-electron chi connectivity index (χ1n) is 8.46. The lowest BCUT2D eigenvalue weighted by molar-refractivity contribution is -0.144. The largest absolute Gasteiger partial charge is 0.480 e. The first kappa shape index (κ1) is 20.1. The summed E-state index contributed by atoms with van der Waals surface area (Å²) in [6, 6.07) is -1.85. The molecule has 1 rings (SSSR count). The van der Waals surface area contributed by atoms with Crippen LogP contribution in [0.3, 0.4) is 0 Å². The molecule has 0 aromatic rings. The van der Waals surface area contributed by atoms with Gasteiger partial charge in [0.1, 0.15) is 6.04 Å². The minimum Gasteiger partial charge on any atom is -0.480 e. The summed E-state index contributed by atoms with van der Waals surface area (Å²) in [5.41, 5.74) is 5.56. The number of ketones is 1. The second kappa shape index (κ2) is 10.0. The standard InChI is InChI=1S/C16H27N3O5/c1-2-6-11(17)14(21)15(22)18-9-12(20)19-13(16(23)24)10-7-4-3-5-8-10/h10-11,13H,2-9,17H2,1H3,(H,18,22)(H,19,20)(H,23,24)/t11?,13-/m0/s1. The van der Waals surface area contributed by atoms with E-state index in [9.17, 15) is 24.3 Å². The van der Waals surface area contributed by atoms with E-state index < -0.39 is 42.2 Å². The van der Waals surface area contributed by atoms with E-state index in [1.165, 1.54) is 0 Å². The predicted octanol–water partition coefficient (Wildman–Crippen LogP) is -0.0512. The maximum absolute atomic E-state index is 11.9. The van der Waals surface area contributed by atoms with Gasteiger partial charge in [-0.25, -0.2) is 4.79 Å². The molecule has 1 aliphatic carbocycles. The second-order valence-electron chi connectivity index (χ2n) is 6.22. The molecule has 0 spiro atoms. The van der Waals surface area contributed by atoms with Gasteiger partial charge in [0.05, 0.1) is 12.6 Å². The quantitative estimate of drug-likeness (QED) is 0.434. The number of nitrogens with two attached hydrogens (primary N) is 1. The van der Waals surface area contributed by atoms with Crippen LogP contribution in [-0.4, -0.2) is 47.3 Å². The van der Waals surface area contributed by atoms with Crippen molar-refractivity contribution in [3.8, 4) is 0 Å². The molecule has 24 heavy (non-hydrogen) atoms. The van der Waals surface area contributed by atoms with E-state index in [0.29, 0.717) is 12.8 Å². The summed E-state index contributed by atoms with van der Waals surface area (Å²) in [6.45, 7) is 1.40. The van der Waals surface area contributed by atoms with Crippen molar-refractivity contribution in [2.75, 3.05) is 6.54 Å². The summed E-state index contributed by atoms with van der Waals surface area (Å²) in [5, 5.41) is 13.9. The van der Waals surface area contributed by atoms with Gasteiger partial charge in [-0.15, -0.1) is 0 Å². The van der Waals surface area contributed by atoms with Gasteiger partial charge in [0.25, 0.3) is 5.91 Å². The molecule has 8 nitrogen and oxygen atoms in total. The van der Waals surface area contributed by atoms with Gasteiger partial charge >= 0.3 is 5.97 Å². The predicted molar refractivity (Wildman–Crippen MR) is 87.0 cm³/mol. The number of nitrogens with one attached hydrogen (secondary N) is 2. The van der Waals surface area contributed by atoms with Crippen molar-refractivity contribution in [2.45, 2.75) is 64.0 Å². The molecule has 1 aliphatic rings. The van der Waals surface area contributed by atoms with Gasteiger partial charge in [-0.2, -0.15) is 0 Å². The average molecular weight is 341 g/mol. The molecule has 0 saturated heterocycles. The Morgan fingerprint density at radius 2 is 1.79 bits per heavy atom. The zero-order valence-electron chi connectivity index (χ0n) is 14.0. The number of Topliss-reactive ketones (excluding diaryl/α,β-unsaturated/α-hetero) is 1. The van der Waals surface area contributed by atoms with E-state index in [1.807, 2.05) is 6.92 Å². The fourth-order valence-corrected chi connectivity index (χ4v) is 2.93. The van der Waals surface area contributed by atoms with Crippen molar-refractivity contribution in [3.63, 3.8) is 0 Å². The van der Waals surface area contributed by atoms with E-state index in [-0.39, 0.29) is 5.92 Å². The van der Waals surface area contributed by atoms with Crippen molar-refractivity contribution in [1.82, 2.24) is 10.6 Å². The zero-order valence-corrected chi connectivity index (χ0v) is 14.0. The second-order valence-corrected chi connectivity index (χ2v) is 6.22. The highest BCUT2D eigenvalue weighted by Gasteiger charge is 2.31. The van der Waals surface area contributed by atoms with Crippen LogP contribution < -0.4 is 16.4 Å². The van der Waals surface area contributed by atoms with Gasteiger partial charge in [0.2, 0.25) is 11.7 Å². The third-order valence-corrected chi connectivity index (χ3v) is 4.27. The number of hydrogen-bond donors (Lipinski definition) is 4. The smallest absolute Gasteiger partial charge is 0.326 e. The normalized spacial score (nSPS) is 17.6. The fourth-order valence-electron chi connectivity index (χ4n) is 2.93. The van der Waals surface area contributed by atoms with E-state index in [4.69, 9.17) is 5.73 Å². The Balaban J connectivity index is 2.47. The number of carbonyl (C=O) groups excluding carboxylic acids is 3. The molecular weight excluding hydrogens is 314 g/mol. The highest BCUT2D eigenvalue weighted by molar-refractivity contribution is 6.38. The summed E-state index contributed by atoms with van der Waals surface area (Å²) >= 11 is 0. The number of carboxylic acids is 1. The van der Waals surface area contributed by atoms with E-state index >= 15 is 0 Å². The summed E-state index contributed by atoms with van der Waals surface area (Å²) in [6.07, 6.45) is 5.55. The number of carboxylic acid groups (broad SMARTS) is 1. The maximum Gasteiger partial charge on any atom is 0.326 e. The molecule has 0 aromatic carbocycles. The van der Waals surface area contributed by atoms with Crippen LogP contribution in [0.2, 0.25) is 0 Å². The maximum atomic E-state index is 11.9. The van der Waals surface area contributed by atoms with Gasteiger partial charge in [-0.05, 0) is 25.2 Å². The van der Waals surface area contributed by atoms with E-state index in [2.05, 4.69) is 10.6 Å². The molecular formula is C16H27N3O5. The van der Waals surface area contributed by atoms with Crippen molar-refractivity contribution in [3.05, 3.63) is 0 Å². The molecule has 136 valence electrons. The van der Waals surface area contributed by atoms with Crippen molar-refractivity contribution in [1.29, 1.82) is 0 Å². The lowest BCUT2D eigenvalue weighted by atomic mass is 9.84. The van der Waals surface area contributed by atoms with Gasteiger partial charge in [-0.3, -0.25) is 14.4 Å². The number of carbonyl (C=O) groups is 4. The van der Waals surface area contributed by atoms with Gasteiger partial charge < -0.3 is 21.5 Å². The molecule has 1 unspecified atom stereocenters. The van der Waals surface area contributed by atoms with Crippen LogP contribution >= 0.6 is 0 Å². The molecule has 0 aliphatic heterocycles. The van der Waals surface area contributed by atoms with Crippen molar-refractivity contribution >= 4 is 23.6 Å². The topological polar surface area (TPSA) is 139 Å². The van der Waals surface area contributed by atoms with Crippen molar-refractivity contribution < 1.29 is 24.3 Å². The SMILES string of the molecule is CCCC(N)C(=O)C(=O)NCC(=O)N[C@H](C(=O)O)C1CCCCC1. The van der Waals surface area contributed by atoms with Crippen LogP contribution in [0.4, 0.5) is 0 Å². The minimum absolute atomic E-state index is 0.101. The minimum atomic E-state index is -1.08. The van der Waals surface area contributed by atoms with E-state index in [1.54, 1.807) is 0 Å². The molecule has 2 atom stereocenters. The lowest BCUT2D eigenvalue weighted by Crippen LogP contribution is -2.51. The highest BCUT2D eigenvalue weighted by Crippen LogP contribution is 2.26. The first-order valence-corrected chi connectivity index (χ1v) is 8.46. The molecule has 0 aromatic heterocycles. The molecule has 0 bridgehead atoms. The molecule has 0 radical (unpaired) electrons. The summed E-state index contributed by atoms with van der Waals surface area (Å²) in [5.74, 6) is -3.50. The zero-order chi connectivity index (χ0) is 18.1. The van der Waals surface area contributed by atoms with Crippen LogP contribution in [0.25, 0.3) is 0 Å². The molecule has 5 N–H and O–H groups in total. The molecule has 2 amide bonds. The number of hydrogen-bond acceptors (Lipinski definition) is 5. The highest BCUT2D eigenvalue weighted by atomic mass is 16.4. The van der Waals surface area contributed by atoms with Crippen LogP contribution in [-0.2, 0) is 19.2 Å². The van der Waals surface area contributed by atoms with Gasteiger partial charge in [0.15, 0.2) is 0 Å². The Morgan fingerprint density at radius 1 is 1.17 bits per heavy atom. The van der Waals surface area contributed by atoms with Crippen LogP contribution in [0.1, 0.15) is 51.9 Å². The first-order chi connectivity index (χ1) is 11.4. The van der Waals surface area contributed by atoms with Crippen molar-refractivity contribution in [2.24, 2.45) is 11.7 Å². The third kappa shape index (κ3) is 6.27. The van der Waals surface area contributed by atoms with Crippen LogP contribution in [0.15, 0.2) is 0 Å². The Bertz CT molecular complexity index is 474. The molecule has 1 fully saturated rings. The number of rotatable bonds is 9. The Morgan fingerprint density at radius 3 is 2.33 bits per heavy atom. The molecule has 8 heteroatoms. The summed E-state index contributed by atoms with van der Waals surface area (Å²) < 4.78 is 0. The van der Waals surface area contributed by atoms with Crippen LogP contribution in [0.5, 0.6) is 0 Å². The summed E-state index contributed by atoms with van der Waals surface area (Å²) in [4.78, 5) is 46.6. The monoisotopic (exact) mass is 341 g/mol. The molecule has 0 heterocycles. The fraction of sp³-hybridized carbons (Fsp3) is 0.750. The van der Waals surface area contributed by atoms with Gasteiger partial charge in [-0.1, -0.05) is 32.6 Å². The number of aliphatic carboxylic acids is 1. The summed E-state index contributed by atoms with van der Waals surface area (Å²) in [7, 11) is 0. The van der Waals surface area contributed by atoms with E-state index in [0.717, 1.165) is 32.1 Å².